The molecule has 0 unspecified atom stereocenters. The number of rotatable bonds is 7. The molecular formula is C26H32N6O2. The Labute approximate surface area is 200 Å². The summed E-state index contributed by atoms with van der Waals surface area (Å²) >= 11 is 0. The lowest BCUT2D eigenvalue weighted by molar-refractivity contribution is 0.104. The first-order valence-electron chi connectivity index (χ1n) is 11.3. The fourth-order valence-electron chi connectivity index (χ4n) is 3.98. The molecule has 8 nitrogen and oxygen atoms in total. The number of nitrogens with one attached hydrogen (secondary N) is 2. The van der Waals surface area contributed by atoms with Gasteiger partial charge in [-0.15, -0.1) is 0 Å². The van der Waals surface area contributed by atoms with Crippen molar-refractivity contribution in [2.24, 2.45) is 5.73 Å². The van der Waals surface area contributed by atoms with Crippen molar-refractivity contribution in [1.29, 1.82) is 0 Å². The zero-order valence-electron chi connectivity index (χ0n) is 19.1. The highest BCUT2D eigenvalue weighted by Crippen LogP contribution is 2.27. The summed E-state index contributed by atoms with van der Waals surface area (Å²) in [5.41, 5.74) is 16.9. The van der Waals surface area contributed by atoms with Gasteiger partial charge >= 0.3 is 0 Å². The second-order valence-electron chi connectivity index (χ2n) is 8.29. The number of carbonyl (C=O) groups excluding carboxylic acids is 1. The van der Waals surface area contributed by atoms with Crippen LogP contribution >= 0.6 is 0 Å². The van der Waals surface area contributed by atoms with Crippen molar-refractivity contribution in [2.75, 3.05) is 12.8 Å². The Morgan fingerprint density at radius 1 is 1.26 bits per heavy atom. The second kappa shape index (κ2) is 10.3. The maximum atomic E-state index is 13.0. The van der Waals surface area contributed by atoms with Gasteiger partial charge in [0, 0.05) is 38.5 Å². The van der Waals surface area contributed by atoms with Crippen LogP contribution in [0.4, 0.5) is 5.82 Å². The lowest BCUT2D eigenvalue weighted by Gasteiger charge is -2.13. The minimum atomic E-state index is -0.441. The summed E-state index contributed by atoms with van der Waals surface area (Å²) in [5, 5.41) is 3.08. The first-order chi connectivity index (χ1) is 16.5. The first-order valence-corrected chi connectivity index (χ1v) is 11.3. The summed E-state index contributed by atoms with van der Waals surface area (Å²) in [6.07, 6.45) is 10.5. The Morgan fingerprint density at radius 2 is 2.06 bits per heavy atom. The number of hydrogen-bond donors (Lipinski definition) is 4. The monoisotopic (exact) mass is 460 g/mol. The summed E-state index contributed by atoms with van der Waals surface area (Å²) in [5.74, 6) is -0.426. The summed E-state index contributed by atoms with van der Waals surface area (Å²) < 4.78 is 0. The first kappa shape index (κ1) is 23.1. The van der Waals surface area contributed by atoms with Gasteiger partial charge in [0.15, 0.2) is 11.5 Å². The van der Waals surface area contributed by atoms with Crippen LogP contribution in [0.5, 0.6) is 0 Å². The van der Waals surface area contributed by atoms with Gasteiger partial charge in [-0.3, -0.25) is 9.59 Å². The minimum Gasteiger partial charge on any atom is -0.398 e. The molecule has 1 aliphatic carbocycles. The molecule has 0 atom stereocenters. The van der Waals surface area contributed by atoms with Crippen LogP contribution in [0.3, 0.4) is 0 Å². The van der Waals surface area contributed by atoms with E-state index in [4.69, 9.17) is 11.5 Å². The summed E-state index contributed by atoms with van der Waals surface area (Å²) in [6, 6.07) is 9.40. The normalized spacial score (nSPS) is 14.0. The van der Waals surface area contributed by atoms with Gasteiger partial charge in [0.25, 0.3) is 5.56 Å². The van der Waals surface area contributed by atoms with Crippen molar-refractivity contribution in [3.63, 3.8) is 0 Å². The van der Waals surface area contributed by atoms with Gasteiger partial charge in [-0.25, -0.2) is 9.97 Å². The predicted molar refractivity (Wildman–Crippen MR) is 139 cm³/mol. The highest BCUT2D eigenvalue weighted by Gasteiger charge is 2.16. The fourth-order valence-corrected chi connectivity index (χ4v) is 3.98. The lowest BCUT2D eigenvalue weighted by atomic mass is 9.93. The zero-order chi connectivity index (χ0) is 24.1. The molecule has 8 heteroatoms. The van der Waals surface area contributed by atoms with Gasteiger partial charge < -0.3 is 21.8 Å². The number of carbonyl (C=O) groups is 1. The average Bonchev–Trinajstić information content (AvgIpc) is 2.86. The molecule has 178 valence electrons. The third kappa shape index (κ3) is 5.13. The molecule has 0 saturated carbocycles. The number of hydrogen-bond acceptors (Lipinski definition) is 7. The molecule has 1 aliphatic rings. The number of nitrogens with zero attached hydrogens (tertiary/aromatic N) is 2. The summed E-state index contributed by atoms with van der Waals surface area (Å²) in [4.78, 5) is 36.8. The van der Waals surface area contributed by atoms with Gasteiger partial charge in [0.1, 0.15) is 0 Å². The molecule has 2 heterocycles. The quantitative estimate of drug-likeness (QED) is 0.311. The molecular weight excluding hydrogens is 428 g/mol. The predicted octanol–water partition coefficient (Wildman–Crippen LogP) is 3.77. The Bertz CT molecular complexity index is 1330. The Morgan fingerprint density at radius 3 is 2.76 bits per heavy atom. The lowest BCUT2D eigenvalue weighted by Crippen LogP contribution is -2.13. The third-order valence-corrected chi connectivity index (χ3v) is 5.82. The molecule has 1 aromatic carbocycles. The molecule has 0 radical (unpaired) electrons. The van der Waals surface area contributed by atoms with Crippen molar-refractivity contribution in [3.8, 4) is 11.3 Å². The van der Waals surface area contributed by atoms with E-state index in [0.29, 0.717) is 22.5 Å². The van der Waals surface area contributed by atoms with Crippen LogP contribution in [0.1, 0.15) is 55.7 Å². The molecule has 0 bridgehead atoms. The Hall–Kier alpha value is -4.04. The van der Waals surface area contributed by atoms with Crippen LogP contribution in [0, 0.1) is 0 Å². The number of nitrogen functional groups attached to an aromatic ring is 1. The second-order valence-corrected chi connectivity index (χ2v) is 8.29. The van der Waals surface area contributed by atoms with Gasteiger partial charge in [-0.2, -0.15) is 0 Å². The smallest absolute Gasteiger partial charge is 0.255 e. The number of aromatic nitrogens is 3. The van der Waals surface area contributed by atoms with E-state index in [1.807, 2.05) is 31.3 Å². The van der Waals surface area contributed by atoms with Gasteiger partial charge in [-0.05, 0) is 55.5 Å². The highest BCUT2D eigenvalue weighted by atomic mass is 16.1. The van der Waals surface area contributed by atoms with Crippen LogP contribution in [0.2, 0.25) is 0 Å². The SMILES string of the molecule is CNCc1ccc(C(N)=CC(=O)c2nc(-c3c[nH]c(=O)c(C4=CCCCC4)c3)cnc2N)cc1.[HH].[HH]. The number of benzene rings is 1. The summed E-state index contributed by atoms with van der Waals surface area (Å²) in [7, 11) is 1.88. The van der Waals surface area contributed by atoms with Crippen LogP contribution < -0.4 is 22.3 Å². The van der Waals surface area contributed by atoms with E-state index in [0.717, 1.165) is 48.9 Å². The Balaban J connectivity index is 0.00000228. The minimum absolute atomic E-state index is 0. The fraction of sp³-hybridized carbons (Fsp3) is 0.231. The third-order valence-electron chi connectivity index (χ3n) is 5.82. The molecule has 0 fully saturated rings. The number of pyridine rings is 1. The van der Waals surface area contributed by atoms with E-state index in [9.17, 15) is 9.59 Å². The van der Waals surface area contributed by atoms with Crippen molar-refractivity contribution < 1.29 is 7.65 Å². The summed E-state index contributed by atoms with van der Waals surface area (Å²) in [6.45, 7) is 0.742. The zero-order valence-corrected chi connectivity index (χ0v) is 19.1. The van der Waals surface area contributed by atoms with Crippen molar-refractivity contribution in [1.82, 2.24) is 20.3 Å². The maximum absolute atomic E-state index is 13.0. The van der Waals surface area contributed by atoms with Crippen LogP contribution in [-0.4, -0.2) is 27.8 Å². The van der Waals surface area contributed by atoms with Crippen molar-refractivity contribution >= 4 is 22.9 Å². The largest absolute Gasteiger partial charge is 0.398 e. The van der Waals surface area contributed by atoms with Crippen LogP contribution in [-0.2, 0) is 6.54 Å². The van der Waals surface area contributed by atoms with E-state index in [1.165, 1.54) is 12.3 Å². The van der Waals surface area contributed by atoms with Gasteiger partial charge in [0.05, 0.1) is 11.9 Å². The van der Waals surface area contributed by atoms with E-state index in [1.54, 1.807) is 12.3 Å². The molecule has 0 amide bonds. The molecule has 34 heavy (non-hydrogen) atoms. The van der Waals surface area contributed by atoms with E-state index >= 15 is 0 Å². The maximum Gasteiger partial charge on any atom is 0.255 e. The topological polar surface area (TPSA) is 140 Å². The number of aromatic amines is 1. The van der Waals surface area contributed by atoms with Crippen molar-refractivity contribution in [3.05, 3.63) is 87.6 Å². The van der Waals surface area contributed by atoms with E-state index < -0.39 is 5.78 Å². The molecule has 4 rings (SSSR count). The molecule has 0 aliphatic heterocycles. The van der Waals surface area contributed by atoms with Gasteiger partial charge in [0.2, 0.25) is 5.78 Å². The van der Waals surface area contributed by atoms with E-state index in [2.05, 4.69) is 26.3 Å². The molecule has 6 N–H and O–H groups in total. The molecule has 0 saturated heterocycles. The van der Waals surface area contributed by atoms with Crippen LogP contribution in [0.15, 0.2) is 59.7 Å². The van der Waals surface area contributed by atoms with E-state index in [-0.39, 0.29) is 19.9 Å². The average molecular weight is 461 g/mol. The number of H-pyrrole nitrogens is 1. The Kier molecular flexibility index (Phi) is 6.98. The molecule has 2 aromatic heterocycles. The van der Waals surface area contributed by atoms with Gasteiger partial charge in [-0.1, -0.05) is 30.3 Å². The number of nitrogens with two attached hydrogens (primary N) is 2. The number of ketones is 1. The highest BCUT2D eigenvalue weighted by molar-refractivity contribution is 6.09. The molecule has 0 spiro atoms. The molecule has 3 aromatic rings. The van der Waals surface area contributed by atoms with Crippen molar-refractivity contribution in [2.45, 2.75) is 32.2 Å². The standard InChI is InChI=1S/C26H28N6O2.2H2/c1-29-13-16-7-9-18(10-8-16)21(27)12-23(33)24-25(28)30-15-22(32-24)19-11-20(26(34)31-14-19)17-5-3-2-4-6-17;;/h5,7-12,14-15,29H,2-4,6,13,27H2,1H3,(H2,28,30)(H,31,34);2*1H. The number of allylic oxidation sites excluding steroid dienone is 3. The number of anilines is 1. The van der Waals surface area contributed by atoms with Crippen LogP contribution in [0.25, 0.3) is 22.5 Å².